The number of nitrogens with zero attached hydrogens (tertiary/aromatic N) is 3. The number of rotatable bonds is 4. The third-order valence-corrected chi connectivity index (χ3v) is 6.84. The average Bonchev–Trinajstić information content (AvgIpc) is 2.88. The molecule has 9 heteroatoms. The number of urea groups is 1. The summed E-state index contributed by atoms with van der Waals surface area (Å²) in [7, 11) is -1.96. The van der Waals surface area contributed by atoms with Gasteiger partial charge in [0.1, 0.15) is 5.82 Å². The Morgan fingerprint density at radius 2 is 1.88 bits per heavy atom. The standard InChI is InChI=1S/C17H22FN3O4S/c1-12(11-26(24,25)15-5-3-13(18)4-6-15)16(22)20-7-8-21-14(10-20)9-19(2)17(21)23/h3-6,12,14H,7-11H2,1-2H3/t12-,14-/m1/s1. The van der Waals surface area contributed by atoms with Gasteiger partial charge in [0.2, 0.25) is 5.91 Å². The number of benzene rings is 1. The van der Waals surface area contributed by atoms with Gasteiger partial charge < -0.3 is 14.7 Å². The quantitative estimate of drug-likeness (QED) is 0.721. The van der Waals surface area contributed by atoms with Crippen LogP contribution < -0.4 is 0 Å². The summed E-state index contributed by atoms with van der Waals surface area (Å²) in [4.78, 5) is 29.7. The maximum Gasteiger partial charge on any atom is 0.320 e. The van der Waals surface area contributed by atoms with Gasteiger partial charge in [0.05, 0.1) is 16.7 Å². The van der Waals surface area contributed by atoms with Gasteiger partial charge in [-0.2, -0.15) is 0 Å². The molecule has 0 bridgehead atoms. The van der Waals surface area contributed by atoms with E-state index in [-0.39, 0.29) is 28.6 Å². The molecule has 2 fully saturated rings. The zero-order chi connectivity index (χ0) is 19.1. The lowest BCUT2D eigenvalue weighted by Gasteiger charge is -2.37. The van der Waals surface area contributed by atoms with Gasteiger partial charge in [0.25, 0.3) is 0 Å². The summed E-state index contributed by atoms with van der Waals surface area (Å²) in [5.41, 5.74) is 0. The van der Waals surface area contributed by atoms with Crippen molar-refractivity contribution in [2.75, 3.05) is 39.0 Å². The van der Waals surface area contributed by atoms with Crippen molar-refractivity contribution in [3.05, 3.63) is 30.1 Å². The Morgan fingerprint density at radius 3 is 2.54 bits per heavy atom. The fourth-order valence-electron chi connectivity index (χ4n) is 3.53. The van der Waals surface area contributed by atoms with Gasteiger partial charge in [-0.3, -0.25) is 4.79 Å². The van der Waals surface area contributed by atoms with Crippen LogP contribution in [-0.2, 0) is 14.6 Å². The number of fused-ring (bicyclic) bond motifs is 1. The predicted octanol–water partition coefficient (Wildman–Crippen LogP) is 0.814. The van der Waals surface area contributed by atoms with Crippen molar-refractivity contribution in [1.29, 1.82) is 0 Å². The fraction of sp³-hybridized carbons (Fsp3) is 0.529. The molecular weight excluding hydrogens is 361 g/mol. The number of hydrogen-bond acceptors (Lipinski definition) is 4. The highest BCUT2D eigenvalue weighted by molar-refractivity contribution is 7.91. The van der Waals surface area contributed by atoms with E-state index in [0.29, 0.717) is 26.2 Å². The summed E-state index contributed by atoms with van der Waals surface area (Å²) in [6.07, 6.45) is 0. The molecule has 7 nitrogen and oxygen atoms in total. The fourth-order valence-corrected chi connectivity index (χ4v) is 5.07. The second-order valence-corrected chi connectivity index (χ2v) is 8.97. The van der Waals surface area contributed by atoms with E-state index < -0.39 is 21.6 Å². The van der Waals surface area contributed by atoms with Crippen LogP contribution in [0, 0.1) is 11.7 Å². The first-order valence-corrected chi connectivity index (χ1v) is 10.1. The van der Waals surface area contributed by atoms with Crippen LogP contribution in [0.5, 0.6) is 0 Å². The van der Waals surface area contributed by atoms with E-state index in [1.54, 1.807) is 28.7 Å². The van der Waals surface area contributed by atoms with E-state index in [1.165, 1.54) is 12.1 Å². The molecule has 1 aromatic carbocycles. The zero-order valence-electron chi connectivity index (χ0n) is 14.8. The van der Waals surface area contributed by atoms with Crippen molar-refractivity contribution in [2.45, 2.75) is 17.9 Å². The number of amides is 3. The second kappa shape index (κ2) is 6.86. The van der Waals surface area contributed by atoms with Crippen molar-refractivity contribution >= 4 is 21.8 Å². The minimum absolute atomic E-state index is 0.00591. The van der Waals surface area contributed by atoms with Crippen molar-refractivity contribution in [1.82, 2.24) is 14.7 Å². The molecule has 2 aliphatic heterocycles. The summed E-state index contributed by atoms with van der Waals surface area (Å²) < 4.78 is 37.9. The number of piperazine rings is 1. The molecule has 0 N–H and O–H groups in total. The molecule has 3 rings (SSSR count). The van der Waals surface area contributed by atoms with E-state index in [1.807, 2.05) is 0 Å². The van der Waals surface area contributed by atoms with Gasteiger partial charge in [-0.05, 0) is 24.3 Å². The maximum absolute atomic E-state index is 13.0. The molecule has 142 valence electrons. The van der Waals surface area contributed by atoms with Crippen LogP contribution in [-0.4, -0.2) is 80.1 Å². The van der Waals surface area contributed by atoms with E-state index >= 15 is 0 Å². The summed E-state index contributed by atoms with van der Waals surface area (Å²) in [5, 5.41) is 0. The summed E-state index contributed by atoms with van der Waals surface area (Å²) in [6, 6.07) is 4.51. The molecule has 0 aromatic heterocycles. The lowest BCUT2D eigenvalue weighted by molar-refractivity contribution is -0.136. The molecule has 2 atom stereocenters. The van der Waals surface area contributed by atoms with Crippen molar-refractivity contribution < 1.29 is 22.4 Å². The molecule has 0 saturated carbocycles. The number of likely N-dealkylation sites (N-methyl/N-ethyl adjacent to an activating group) is 1. The Balaban J connectivity index is 1.65. The maximum atomic E-state index is 13.0. The average molecular weight is 383 g/mol. The van der Waals surface area contributed by atoms with Crippen molar-refractivity contribution in [3.8, 4) is 0 Å². The molecule has 2 saturated heterocycles. The molecule has 2 heterocycles. The normalized spacial score (nSPS) is 21.7. The Kier molecular flexibility index (Phi) is 4.92. The SMILES string of the molecule is C[C@H](CS(=O)(=O)c1ccc(F)cc1)C(=O)N1CCN2C(=O)N(C)C[C@@H]2C1. The molecule has 0 unspecified atom stereocenters. The van der Waals surface area contributed by atoms with E-state index in [9.17, 15) is 22.4 Å². The molecule has 0 spiro atoms. The van der Waals surface area contributed by atoms with E-state index in [4.69, 9.17) is 0 Å². The molecular formula is C17H22FN3O4S. The summed E-state index contributed by atoms with van der Waals surface area (Å²) >= 11 is 0. The first kappa shape index (κ1) is 18.6. The van der Waals surface area contributed by atoms with Gasteiger partial charge >= 0.3 is 6.03 Å². The van der Waals surface area contributed by atoms with Gasteiger partial charge in [0, 0.05) is 39.1 Å². The lowest BCUT2D eigenvalue weighted by atomic mass is 10.1. The van der Waals surface area contributed by atoms with E-state index in [0.717, 1.165) is 12.1 Å². The van der Waals surface area contributed by atoms with Crippen LogP contribution in [0.3, 0.4) is 0 Å². The van der Waals surface area contributed by atoms with E-state index in [2.05, 4.69) is 0 Å². The molecule has 0 aliphatic carbocycles. The van der Waals surface area contributed by atoms with Gasteiger partial charge in [-0.15, -0.1) is 0 Å². The molecule has 0 radical (unpaired) electrons. The summed E-state index contributed by atoms with van der Waals surface area (Å²) in [6.45, 7) is 3.41. The molecule has 1 aromatic rings. The number of halogens is 1. The number of carbonyl (C=O) groups excluding carboxylic acids is 2. The van der Waals surface area contributed by atoms with Crippen LogP contribution in [0.4, 0.5) is 9.18 Å². The van der Waals surface area contributed by atoms with Crippen LogP contribution in [0.25, 0.3) is 0 Å². The molecule has 26 heavy (non-hydrogen) atoms. The van der Waals surface area contributed by atoms with Crippen LogP contribution in [0.2, 0.25) is 0 Å². The summed E-state index contributed by atoms with van der Waals surface area (Å²) in [5.74, 6) is -1.80. The van der Waals surface area contributed by atoms with Crippen molar-refractivity contribution in [2.24, 2.45) is 5.92 Å². The third kappa shape index (κ3) is 3.53. The Bertz CT molecular complexity index is 812. The monoisotopic (exact) mass is 383 g/mol. The number of sulfone groups is 1. The third-order valence-electron chi connectivity index (χ3n) is 4.92. The molecule has 2 aliphatic rings. The smallest absolute Gasteiger partial charge is 0.320 e. The number of hydrogen-bond donors (Lipinski definition) is 0. The largest absolute Gasteiger partial charge is 0.339 e. The first-order valence-electron chi connectivity index (χ1n) is 8.48. The lowest BCUT2D eigenvalue weighted by Crippen LogP contribution is -2.55. The highest BCUT2D eigenvalue weighted by Gasteiger charge is 2.40. The predicted molar refractivity (Wildman–Crippen MR) is 92.7 cm³/mol. The Hall–Kier alpha value is -2.16. The van der Waals surface area contributed by atoms with Gasteiger partial charge in [-0.1, -0.05) is 6.92 Å². The number of carbonyl (C=O) groups is 2. The zero-order valence-corrected chi connectivity index (χ0v) is 15.6. The Morgan fingerprint density at radius 1 is 1.23 bits per heavy atom. The molecule has 3 amide bonds. The first-order chi connectivity index (χ1) is 12.2. The highest BCUT2D eigenvalue weighted by Crippen LogP contribution is 2.22. The van der Waals surface area contributed by atoms with Crippen molar-refractivity contribution in [3.63, 3.8) is 0 Å². The minimum atomic E-state index is -3.68. The van der Waals surface area contributed by atoms with Crippen LogP contribution in [0.15, 0.2) is 29.2 Å². The Labute approximate surface area is 152 Å². The second-order valence-electron chi connectivity index (χ2n) is 6.93. The van der Waals surface area contributed by atoms with Crippen LogP contribution >= 0.6 is 0 Å². The minimum Gasteiger partial charge on any atom is -0.339 e. The highest BCUT2D eigenvalue weighted by atomic mass is 32.2. The van der Waals surface area contributed by atoms with Gasteiger partial charge in [0.15, 0.2) is 9.84 Å². The topological polar surface area (TPSA) is 78.0 Å². The van der Waals surface area contributed by atoms with Crippen LogP contribution in [0.1, 0.15) is 6.92 Å². The van der Waals surface area contributed by atoms with Gasteiger partial charge in [-0.25, -0.2) is 17.6 Å².